The van der Waals surface area contributed by atoms with Crippen LogP contribution in [0.1, 0.15) is 18.3 Å². The molecule has 1 aliphatic carbocycles. The third kappa shape index (κ3) is 5.56. The van der Waals surface area contributed by atoms with Gasteiger partial charge in [-0.25, -0.2) is 23.9 Å². The van der Waals surface area contributed by atoms with Gasteiger partial charge in [0.15, 0.2) is 17.2 Å². The Morgan fingerprint density at radius 3 is 2.70 bits per heavy atom. The number of anilines is 2. The standard InChI is InChI=1S/C22H25N7O13P2/c23-15-1-2-29(21(32)28-15)16-4-12(13(40-16)6-38-43(33,34)35)42-44(36,37)39-7-14-18(30)19(31)22(41-14)9-3-11-17(25-5-10(9)22)20(24)27-8-26-11/h1-2,5,7-8,12-13,16,18-19,30-31H,3-4,6H2,(H,36,37)(H2,23,28,32)(H2,24,26,27)(H2,33,34,35)/b14-7+/t12?,13-,16-,18-,19-,22-/m1/s1. The molecule has 2 aromatic rings. The van der Waals surface area contributed by atoms with E-state index in [1.807, 2.05) is 0 Å². The summed E-state index contributed by atoms with van der Waals surface area (Å²) in [7, 11) is -10.0. The number of hydrogen-bond acceptors (Lipinski definition) is 16. The average Bonchev–Trinajstić information content (AvgIpc) is 3.32. The molecule has 2 fully saturated rings. The zero-order valence-corrected chi connectivity index (χ0v) is 24.0. The lowest BCUT2D eigenvalue weighted by Gasteiger charge is -2.21. The van der Waals surface area contributed by atoms with Gasteiger partial charge in [0.25, 0.3) is 0 Å². The molecule has 0 aromatic carbocycles. The molecule has 22 heteroatoms. The Kier molecular flexibility index (Phi) is 7.49. The highest BCUT2D eigenvalue weighted by molar-refractivity contribution is 7.47. The Morgan fingerprint density at radius 2 is 1.98 bits per heavy atom. The van der Waals surface area contributed by atoms with Crippen molar-refractivity contribution in [2.45, 2.75) is 49.1 Å². The maximum absolute atomic E-state index is 12.9. The molecule has 0 saturated carbocycles. The summed E-state index contributed by atoms with van der Waals surface area (Å²) in [6.45, 7) is -0.793. The summed E-state index contributed by atoms with van der Waals surface area (Å²) in [5.74, 6) is -0.313. The van der Waals surface area contributed by atoms with Gasteiger partial charge < -0.3 is 45.5 Å². The van der Waals surface area contributed by atoms with Crippen molar-refractivity contribution in [3.63, 3.8) is 0 Å². The predicted octanol–water partition coefficient (Wildman–Crippen LogP) is -1.30. The Bertz CT molecular complexity index is 1760. The number of rotatable bonds is 8. The van der Waals surface area contributed by atoms with Crippen LogP contribution in [0.5, 0.6) is 0 Å². The molecule has 236 valence electrons. The molecule has 2 aromatic heterocycles. The van der Waals surface area contributed by atoms with E-state index in [4.69, 9.17) is 39.8 Å². The first kappa shape index (κ1) is 30.5. The van der Waals surface area contributed by atoms with Crippen LogP contribution in [-0.2, 0) is 38.6 Å². The molecule has 1 spiro atoms. The second-order valence-electron chi connectivity index (χ2n) is 10.0. The van der Waals surface area contributed by atoms with Gasteiger partial charge in [-0.2, -0.15) is 4.98 Å². The minimum Gasteiger partial charge on any atom is -0.473 e. The maximum atomic E-state index is 12.9. The van der Waals surface area contributed by atoms with E-state index >= 15 is 0 Å². The largest absolute Gasteiger partial charge is 0.527 e. The van der Waals surface area contributed by atoms with Crippen molar-refractivity contribution >= 4 is 39.2 Å². The summed E-state index contributed by atoms with van der Waals surface area (Å²) in [5.41, 5.74) is 10.9. The van der Waals surface area contributed by atoms with E-state index < -0.39 is 69.9 Å². The van der Waals surface area contributed by atoms with Gasteiger partial charge in [0.05, 0.1) is 12.3 Å². The van der Waals surface area contributed by atoms with E-state index in [9.17, 15) is 29.0 Å². The summed E-state index contributed by atoms with van der Waals surface area (Å²) < 4.78 is 51.2. The first-order valence-electron chi connectivity index (χ1n) is 12.7. The molecule has 0 bridgehead atoms. The highest BCUT2D eigenvalue weighted by atomic mass is 31.2. The van der Waals surface area contributed by atoms with Crippen molar-refractivity contribution in [3.05, 3.63) is 57.9 Å². The minimum atomic E-state index is -5.06. The summed E-state index contributed by atoms with van der Waals surface area (Å²) in [5, 5.41) is 21.5. The number of fused-ring (bicyclic) bond motifs is 3. The Balaban J connectivity index is 1.16. The van der Waals surface area contributed by atoms with Gasteiger partial charge in [-0.05, 0) is 11.6 Å². The average molecular weight is 657 g/mol. The number of ether oxygens (including phenoxy) is 2. The van der Waals surface area contributed by atoms with Crippen molar-refractivity contribution in [1.82, 2.24) is 19.5 Å². The smallest absolute Gasteiger partial charge is 0.473 e. The fourth-order valence-electron chi connectivity index (χ4n) is 5.24. The molecule has 6 rings (SSSR count). The third-order valence-electron chi connectivity index (χ3n) is 7.31. The van der Waals surface area contributed by atoms with Crippen molar-refractivity contribution < 1.29 is 57.1 Å². The van der Waals surface area contributed by atoms with Crippen molar-refractivity contribution in [1.29, 1.82) is 0 Å². The first-order valence-corrected chi connectivity index (χ1v) is 15.7. The molecule has 2 saturated heterocycles. The molecule has 44 heavy (non-hydrogen) atoms. The summed E-state index contributed by atoms with van der Waals surface area (Å²) in [6.07, 6.45) is -2.72. The number of nitrogens with zero attached hydrogens (tertiary/aromatic N) is 5. The highest BCUT2D eigenvalue weighted by Gasteiger charge is 2.67. The number of aliphatic hydroxyl groups is 2. The minimum absolute atomic E-state index is 0.0727. The summed E-state index contributed by atoms with van der Waals surface area (Å²) in [4.78, 5) is 56.8. The van der Waals surface area contributed by atoms with Gasteiger partial charge in [-0.15, -0.1) is 0 Å². The lowest BCUT2D eigenvalue weighted by atomic mass is 10.00. The number of aliphatic hydroxyl groups excluding tert-OH is 2. The molecule has 5 heterocycles. The Hall–Kier alpha value is -3.55. The maximum Gasteiger partial charge on any atom is 0.527 e. The van der Waals surface area contributed by atoms with Crippen LogP contribution >= 0.6 is 15.6 Å². The van der Waals surface area contributed by atoms with Crippen LogP contribution in [0.2, 0.25) is 0 Å². The molecule has 7 atom stereocenters. The van der Waals surface area contributed by atoms with Gasteiger partial charge >= 0.3 is 21.3 Å². The molecule has 0 amide bonds. The van der Waals surface area contributed by atoms with Gasteiger partial charge in [-0.1, -0.05) is 0 Å². The SMILES string of the molecule is Nc1ccn([C@H]2CC(OP(=O)(O)O/C=C3/O[C@]4(C5=C4Cc4ncnc(N)c4N=C5)[C@H](O)[C@@H]3O)[C@@H](COP(=O)(O)O)O2)c(=O)n1. The fraction of sp³-hybridized carbons (Fsp3) is 0.409. The number of hydrogen-bond donors (Lipinski definition) is 7. The Morgan fingerprint density at radius 1 is 1.20 bits per heavy atom. The third-order valence-corrected chi connectivity index (χ3v) is 8.70. The van der Waals surface area contributed by atoms with Crippen LogP contribution < -0.4 is 17.2 Å². The van der Waals surface area contributed by atoms with Crippen LogP contribution in [-0.4, -0.2) is 87.3 Å². The lowest BCUT2D eigenvalue weighted by Crippen LogP contribution is -2.35. The van der Waals surface area contributed by atoms with Crippen LogP contribution in [0.3, 0.4) is 0 Å². The number of aliphatic imine (C=N–C) groups is 1. The van der Waals surface area contributed by atoms with Gasteiger partial charge in [-0.3, -0.25) is 23.5 Å². The second-order valence-corrected chi connectivity index (χ2v) is 12.6. The van der Waals surface area contributed by atoms with Crippen molar-refractivity contribution in [2.75, 3.05) is 18.1 Å². The van der Waals surface area contributed by atoms with E-state index in [0.717, 1.165) is 4.57 Å². The molecular formula is C22H25N7O13P2. The van der Waals surface area contributed by atoms with Crippen LogP contribution in [0.15, 0.2) is 51.5 Å². The van der Waals surface area contributed by atoms with Gasteiger partial charge in [0, 0.05) is 30.8 Å². The van der Waals surface area contributed by atoms with Crippen molar-refractivity contribution in [2.24, 2.45) is 4.99 Å². The molecule has 4 aliphatic rings. The number of aromatic nitrogens is 4. The fourth-order valence-corrected chi connectivity index (χ4v) is 6.44. The molecule has 3 aliphatic heterocycles. The van der Waals surface area contributed by atoms with Crippen LogP contribution in [0.25, 0.3) is 0 Å². The van der Waals surface area contributed by atoms with E-state index in [-0.39, 0.29) is 24.5 Å². The van der Waals surface area contributed by atoms with Crippen LogP contribution in [0, 0.1) is 0 Å². The molecule has 9 N–H and O–H groups in total. The zero-order valence-electron chi connectivity index (χ0n) is 22.2. The lowest BCUT2D eigenvalue weighted by molar-refractivity contribution is -0.0446. The predicted molar refractivity (Wildman–Crippen MR) is 144 cm³/mol. The topological polar surface area (TPSA) is 307 Å². The monoisotopic (exact) mass is 657 g/mol. The van der Waals surface area contributed by atoms with Gasteiger partial charge in [0.1, 0.15) is 54.7 Å². The van der Waals surface area contributed by atoms with Crippen LogP contribution in [0.4, 0.5) is 17.3 Å². The first-order chi connectivity index (χ1) is 20.7. The Labute approximate surface area is 246 Å². The van der Waals surface area contributed by atoms with Gasteiger partial charge in [0.2, 0.25) is 0 Å². The summed E-state index contributed by atoms with van der Waals surface area (Å²) in [6, 6.07) is 1.29. The van der Waals surface area contributed by atoms with E-state index in [1.165, 1.54) is 24.8 Å². The normalized spacial score (nSPS) is 31.4. The van der Waals surface area contributed by atoms with E-state index in [1.54, 1.807) is 0 Å². The molecule has 0 radical (unpaired) electrons. The number of phosphoric ester groups is 2. The molecular weight excluding hydrogens is 632 g/mol. The molecule has 20 nitrogen and oxygen atoms in total. The van der Waals surface area contributed by atoms with E-state index in [2.05, 4.69) is 24.5 Å². The number of nitrogens with two attached hydrogens (primary N) is 2. The quantitative estimate of drug-likeness (QED) is 0.128. The zero-order chi connectivity index (χ0) is 31.6. The second kappa shape index (κ2) is 10.8. The van der Waals surface area contributed by atoms with E-state index in [0.29, 0.717) is 28.8 Å². The van der Waals surface area contributed by atoms with Crippen molar-refractivity contribution in [3.8, 4) is 0 Å². The highest BCUT2D eigenvalue weighted by Crippen LogP contribution is 2.58. The number of nitrogen functional groups attached to an aromatic ring is 2. The number of phosphoric acid groups is 2. The summed E-state index contributed by atoms with van der Waals surface area (Å²) >= 11 is 0. The molecule has 2 unspecified atom stereocenters.